The predicted molar refractivity (Wildman–Crippen MR) is 138 cm³/mol. The van der Waals surface area contributed by atoms with Crippen molar-refractivity contribution in [1.29, 1.82) is 0 Å². The first-order valence-electron chi connectivity index (χ1n) is 12.1. The fourth-order valence-electron chi connectivity index (χ4n) is 5.27. The lowest BCUT2D eigenvalue weighted by molar-refractivity contribution is 0.0857. The molecule has 0 fully saturated rings. The minimum atomic E-state index is -0.623. The number of fused-ring (bicyclic) bond motifs is 8. The van der Waals surface area contributed by atoms with Gasteiger partial charge in [0.05, 0.1) is 0 Å². The van der Waals surface area contributed by atoms with E-state index in [0.717, 1.165) is 39.4 Å². The van der Waals surface area contributed by atoms with E-state index in [1.54, 1.807) is 18.2 Å². The first-order chi connectivity index (χ1) is 18.3. The third-order valence-corrected chi connectivity index (χ3v) is 7.27. The third-order valence-electron chi connectivity index (χ3n) is 7.27. The van der Waals surface area contributed by atoms with Crippen molar-refractivity contribution in [2.45, 2.75) is 25.7 Å². The van der Waals surface area contributed by atoms with Crippen molar-refractivity contribution in [2.24, 2.45) is 10.9 Å². The normalized spacial score (nSPS) is 17.3. The number of halogens is 2. The van der Waals surface area contributed by atoms with E-state index < -0.39 is 11.6 Å². The fourth-order valence-corrected chi connectivity index (χ4v) is 5.27. The Bertz CT molecular complexity index is 1650. The number of benzene rings is 4. The van der Waals surface area contributed by atoms with Gasteiger partial charge in [0, 0.05) is 29.3 Å². The monoisotopic (exact) mass is 511 g/mol. The second-order valence-electron chi connectivity index (χ2n) is 9.52. The Labute approximate surface area is 217 Å². The summed E-state index contributed by atoms with van der Waals surface area (Å²) in [4.78, 5) is 13.0. The van der Waals surface area contributed by atoms with Gasteiger partial charge < -0.3 is 21.0 Å². The average Bonchev–Trinajstić information content (AvgIpc) is 3.48. The number of hydrogen-bond donors (Lipinski definition) is 3. The Morgan fingerprint density at radius 3 is 2.37 bits per heavy atom. The summed E-state index contributed by atoms with van der Waals surface area (Å²) in [5.41, 5.74) is 13.4. The number of amidine groups is 1. The largest absolute Gasteiger partial charge is 0.409 e. The van der Waals surface area contributed by atoms with Crippen molar-refractivity contribution in [1.82, 2.24) is 5.32 Å². The van der Waals surface area contributed by atoms with Gasteiger partial charge in [-0.05, 0) is 82.3 Å². The van der Waals surface area contributed by atoms with Gasteiger partial charge in [0.1, 0.15) is 23.8 Å². The van der Waals surface area contributed by atoms with Crippen LogP contribution in [0.4, 0.5) is 8.78 Å². The molecule has 8 heteroatoms. The SMILES string of the molecule is Cc1cc(C(N)=NO)ccc1CNC(=O)c1ccc2c(c1)[C@@H]1O[C@H]2c2ccc(-c3ccc(F)cc3F)cc21. The Morgan fingerprint density at radius 1 is 0.921 bits per heavy atom. The fraction of sp³-hybridized carbons (Fsp3) is 0.133. The van der Waals surface area contributed by atoms with Crippen LogP contribution in [0.5, 0.6) is 0 Å². The van der Waals surface area contributed by atoms with Crippen LogP contribution in [-0.4, -0.2) is 17.0 Å². The zero-order chi connectivity index (χ0) is 26.6. The van der Waals surface area contributed by atoms with Crippen LogP contribution in [0.2, 0.25) is 0 Å². The van der Waals surface area contributed by atoms with Gasteiger partial charge in [-0.15, -0.1) is 0 Å². The molecule has 2 heterocycles. The molecule has 2 atom stereocenters. The summed E-state index contributed by atoms with van der Waals surface area (Å²) >= 11 is 0. The average molecular weight is 512 g/mol. The van der Waals surface area contributed by atoms with Crippen LogP contribution in [0.25, 0.3) is 11.1 Å². The highest BCUT2D eigenvalue weighted by Gasteiger charge is 2.43. The van der Waals surface area contributed by atoms with Crippen molar-refractivity contribution in [3.63, 3.8) is 0 Å². The van der Waals surface area contributed by atoms with Crippen LogP contribution in [0.1, 0.15) is 61.5 Å². The molecule has 0 aliphatic carbocycles. The maximum Gasteiger partial charge on any atom is 0.251 e. The molecular formula is C30H23F2N3O3. The summed E-state index contributed by atoms with van der Waals surface area (Å²) in [5, 5.41) is 14.8. The first-order valence-corrected chi connectivity index (χ1v) is 12.1. The Balaban J connectivity index is 1.23. The number of hydrogen-bond acceptors (Lipinski definition) is 4. The Kier molecular flexibility index (Phi) is 5.69. The van der Waals surface area contributed by atoms with E-state index in [1.165, 1.54) is 12.1 Å². The van der Waals surface area contributed by atoms with Crippen LogP contribution in [-0.2, 0) is 11.3 Å². The molecule has 2 aliphatic heterocycles. The molecule has 2 aliphatic rings. The van der Waals surface area contributed by atoms with Gasteiger partial charge in [0.15, 0.2) is 5.84 Å². The number of ether oxygens (including phenoxy) is 1. The van der Waals surface area contributed by atoms with E-state index >= 15 is 0 Å². The van der Waals surface area contributed by atoms with Crippen molar-refractivity contribution < 1.29 is 23.5 Å². The van der Waals surface area contributed by atoms with Crippen LogP contribution in [0.3, 0.4) is 0 Å². The van der Waals surface area contributed by atoms with Gasteiger partial charge in [-0.2, -0.15) is 0 Å². The lowest BCUT2D eigenvalue weighted by atomic mass is 9.83. The standard InChI is InChI=1S/C30H23F2N3O3/c1-15-10-17(29(33)35-37)2-3-19(15)14-34-30(36)18-5-8-23-25(12-18)28-24-11-16(4-7-22(24)27(23)38-28)21-9-6-20(31)13-26(21)32/h2-13,27-28,37H,14H2,1H3,(H2,33,35)(H,34,36)/t27-,28+/m0/s1. The van der Waals surface area contributed by atoms with Crippen LogP contribution < -0.4 is 11.1 Å². The molecule has 0 saturated carbocycles. The number of carbonyl (C=O) groups excluding carboxylic acids is 1. The molecule has 6 rings (SSSR count). The van der Waals surface area contributed by atoms with E-state index in [4.69, 9.17) is 15.7 Å². The smallest absolute Gasteiger partial charge is 0.251 e. The summed E-state index contributed by atoms with van der Waals surface area (Å²) in [7, 11) is 0. The zero-order valence-corrected chi connectivity index (χ0v) is 20.3. The van der Waals surface area contributed by atoms with Crippen molar-refractivity contribution in [3.05, 3.63) is 129 Å². The van der Waals surface area contributed by atoms with Crippen LogP contribution >= 0.6 is 0 Å². The summed E-state index contributed by atoms with van der Waals surface area (Å²) in [6.45, 7) is 2.21. The third kappa shape index (κ3) is 3.90. The highest BCUT2D eigenvalue weighted by molar-refractivity contribution is 5.97. The van der Waals surface area contributed by atoms with E-state index in [9.17, 15) is 13.6 Å². The van der Waals surface area contributed by atoms with Gasteiger partial charge in [-0.3, -0.25) is 4.79 Å². The van der Waals surface area contributed by atoms with Crippen LogP contribution in [0, 0.1) is 18.6 Å². The quantitative estimate of drug-likeness (QED) is 0.143. The Morgan fingerprint density at radius 2 is 1.63 bits per heavy atom. The number of nitrogens with one attached hydrogen (secondary N) is 1. The van der Waals surface area contributed by atoms with Gasteiger partial charge in [-0.25, -0.2) is 8.78 Å². The summed E-state index contributed by atoms with van der Waals surface area (Å²) in [5.74, 6) is -1.45. The molecule has 4 N–H and O–H groups in total. The molecule has 190 valence electrons. The summed E-state index contributed by atoms with van der Waals surface area (Å²) in [6.07, 6.45) is -0.611. The van der Waals surface area contributed by atoms with Gasteiger partial charge in [-0.1, -0.05) is 35.5 Å². The molecule has 4 aromatic rings. The second kappa shape index (κ2) is 9.08. The van der Waals surface area contributed by atoms with E-state index in [0.29, 0.717) is 28.8 Å². The molecule has 6 nitrogen and oxygen atoms in total. The van der Waals surface area contributed by atoms with Crippen molar-refractivity contribution in [2.75, 3.05) is 0 Å². The molecule has 4 aromatic carbocycles. The molecule has 0 saturated heterocycles. The molecule has 2 bridgehead atoms. The number of nitrogens with two attached hydrogens (primary N) is 1. The first kappa shape index (κ1) is 23.8. The highest BCUT2D eigenvalue weighted by atomic mass is 19.1. The number of oxime groups is 1. The second-order valence-corrected chi connectivity index (χ2v) is 9.52. The molecule has 0 unspecified atom stereocenters. The molecule has 0 spiro atoms. The van der Waals surface area contributed by atoms with E-state index in [-0.39, 0.29) is 24.0 Å². The molecule has 0 aromatic heterocycles. The van der Waals surface area contributed by atoms with Gasteiger partial charge in [0.2, 0.25) is 0 Å². The predicted octanol–water partition coefficient (Wildman–Crippen LogP) is 5.49. The van der Waals surface area contributed by atoms with E-state index in [1.807, 2.05) is 43.3 Å². The van der Waals surface area contributed by atoms with Gasteiger partial charge in [0.25, 0.3) is 5.91 Å². The summed E-state index contributed by atoms with van der Waals surface area (Å²) in [6, 6.07) is 20.1. The van der Waals surface area contributed by atoms with E-state index in [2.05, 4.69) is 10.5 Å². The highest BCUT2D eigenvalue weighted by Crippen LogP contribution is 2.54. The molecule has 1 amide bonds. The summed E-state index contributed by atoms with van der Waals surface area (Å²) < 4.78 is 34.1. The lowest BCUT2D eigenvalue weighted by Gasteiger charge is -2.18. The maximum atomic E-state index is 14.4. The van der Waals surface area contributed by atoms with Crippen molar-refractivity contribution in [3.8, 4) is 11.1 Å². The minimum absolute atomic E-state index is 0.0230. The number of amides is 1. The molecule has 38 heavy (non-hydrogen) atoms. The number of carbonyl (C=O) groups is 1. The van der Waals surface area contributed by atoms with Crippen LogP contribution in [0.15, 0.2) is 78.0 Å². The molecular weight excluding hydrogens is 488 g/mol. The minimum Gasteiger partial charge on any atom is -0.409 e. The maximum absolute atomic E-state index is 14.4. The molecule has 0 radical (unpaired) electrons. The lowest BCUT2D eigenvalue weighted by Crippen LogP contribution is -2.24. The van der Waals surface area contributed by atoms with Gasteiger partial charge >= 0.3 is 0 Å². The number of rotatable bonds is 5. The Hall–Kier alpha value is -4.56. The topological polar surface area (TPSA) is 96.9 Å². The van der Waals surface area contributed by atoms with Crippen molar-refractivity contribution >= 4 is 11.7 Å². The zero-order valence-electron chi connectivity index (χ0n) is 20.3. The number of aryl methyl sites for hydroxylation is 1. The number of nitrogens with zero attached hydrogens (tertiary/aromatic N) is 1.